The highest BCUT2D eigenvalue weighted by atomic mass is 16.1. The normalized spacial score (nSPS) is 26.9. The van der Waals surface area contributed by atoms with Crippen molar-refractivity contribution in [3.8, 4) is 0 Å². The molecular formula is C15H25N5O. The Labute approximate surface area is 125 Å². The molecule has 1 aromatic heterocycles. The molecule has 2 aliphatic rings. The Morgan fingerprint density at radius 2 is 2.43 bits per heavy atom. The van der Waals surface area contributed by atoms with E-state index in [-0.39, 0.29) is 11.9 Å². The Balaban J connectivity index is 1.53. The molecule has 0 saturated carbocycles. The second-order valence-corrected chi connectivity index (χ2v) is 6.39. The van der Waals surface area contributed by atoms with Gasteiger partial charge in [0.1, 0.15) is 12.2 Å². The molecule has 2 N–H and O–H groups in total. The fraction of sp³-hybridized carbons (Fsp3) is 0.800. The minimum absolute atomic E-state index is 0.0328. The van der Waals surface area contributed by atoms with E-state index in [1.165, 1.54) is 12.8 Å². The number of carbonyl (C=O) groups excluding carboxylic acids is 1. The third-order valence-electron chi connectivity index (χ3n) is 4.80. The van der Waals surface area contributed by atoms with Gasteiger partial charge in [0.25, 0.3) is 0 Å². The predicted molar refractivity (Wildman–Crippen MR) is 79.5 cm³/mol. The van der Waals surface area contributed by atoms with Gasteiger partial charge in [-0.2, -0.15) is 5.10 Å². The smallest absolute Gasteiger partial charge is 0.220 e. The zero-order chi connectivity index (χ0) is 14.7. The Hall–Kier alpha value is -1.43. The number of fused-ring (bicyclic) bond motifs is 1. The lowest BCUT2D eigenvalue weighted by Gasteiger charge is -2.29. The molecule has 0 radical (unpaired) electrons. The van der Waals surface area contributed by atoms with Crippen molar-refractivity contribution in [1.29, 1.82) is 0 Å². The first-order valence-electron chi connectivity index (χ1n) is 8.12. The summed E-state index contributed by atoms with van der Waals surface area (Å²) in [4.78, 5) is 16.6. The van der Waals surface area contributed by atoms with Crippen LogP contribution in [0.15, 0.2) is 6.33 Å². The van der Waals surface area contributed by atoms with Crippen LogP contribution in [0.4, 0.5) is 0 Å². The molecule has 3 unspecified atom stereocenters. The largest absolute Gasteiger partial charge is 0.346 e. The number of hydrogen-bond acceptors (Lipinski definition) is 4. The quantitative estimate of drug-likeness (QED) is 0.876. The number of piperidine rings is 1. The van der Waals surface area contributed by atoms with Crippen molar-refractivity contribution in [1.82, 2.24) is 25.4 Å². The van der Waals surface area contributed by atoms with Gasteiger partial charge in [-0.3, -0.25) is 4.79 Å². The summed E-state index contributed by atoms with van der Waals surface area (Å²) < 4.78 is 1.91. The molecular weight excluding hydrogens is 266 g/mol. The van der Waals surface area contributed by atoms with Gasteiger partial charge in [-0.1, -0.05) is 6.92 Å². The van der Waals surface area contributed by atoms with E-state index in [4.69, 9.17) is 0 Å². The first kappa shape index (κ1) is 14.5. The van der Waals surface area contributed by atoms with E-state index in [0.717, 1.165) is 38.3 Å². The summed E-state index contributed by atoms with van der Waals surface area (Å²) in [6.07, 6.45) is 6.65. The van der Waals surface area contributed by atoms with E-state index in [9.17, 15) is 4.79 Å². The number of nitrogens with one attached hydrogen (secondary N) is 2. The zero-order valence-electron chi connectivity index (χ0n) is 12.7. The van der Waals surface area contributed by atoms with Crippen molar-refractivity contribution < 1.29 is 4.79 Å². The predicted octanol–water partition coefficient (Wildman–Crippen LogP) is 1.26. The highest BCUT2D eigenvalue weighted by Crippen LogP contribution is 2.25. The van der Waals surface area contributed by atoms with Gasteiger partial charge in [-0.05, 0) is 50.6 Å². The van der Waals surface area contributed by atoms with Crippen LogP contribution in [0.2, 0.25) is 0 Å². The number of rotatable bonds is 4. The monoisotopic (exact) mass is 291 g/mol. The van der Waals surface area contributed by atoms with E-state index < -0.39 is 0 Å². The van der Waals surface area contributed by atoms with Crippen LogP contribution in [0.5, 0.6) is 0 Å². The maximum absolute atomic E-state index is 12.3. The summed E-state index contributed by atoms with van der Waals surface area (Å²) >= 11 is 0. The first-order chi connectivity index (χ1) is 10.2. The Kier molecular flexibility index (Phi) is 4.53. The van der Waals surface area contributed by atoms with E-state index in [1.807, 2.05) is 4.68 Å². The van der Waals surface area contributed by atoms with Crippen LogP contribution in [-0.2, 0) is 11.3 Å². The van der Waals surface area contributed by atoms with Gasteiger partial charge >= 0.3 is 0 Å². The highest BCUT2D eigenvalue weighted by Gasteiger charge is 2.26. The molecule has 21 heavy (non-hydrogen) atoms. The van der Waals surface area contributed by atoms with Gasteiger partial charge < -0.3 is 10.6 Å². The summed E-state index contributed by atoms with van der Waals surface area (Å²) in [6, 6.07) is 0.0328. The van der Waals surface area contributed by atoms with Gasteiger partial charge in [-0.15, -0.1) is 0 Å². The maximum atomic E-state index is 12.3. The fourth-order valence-electron chi connectivity index (χ4n) is 3.50. The number of aromatic nitrogens is 3. The minimum Gasteiger partial charge on any atom is -0.346 e. The van der Waals surface area contributed by atoms with Crippen molar-refractivity contribution in [2.45, 2.75) is 51.6 Å². The van der Waals surface area contributed by atoms with Crippen molar-refractivity contribution in [2.75, 3.05) is 13.1 Å². The Morgan fingerprint density at radius 3 is 3.24 bits per heavy atom. The lowest BCUT2D eigenvalue weighted by atomic mass is 9.85. The van der Waals surface area contributed by atoms with Crippen molar-refractivity contribution in [3.63, 3.8) is 0 Å². The number of amides is 1. The molecule has 2 aliphatic heterocycles. The van der Waals surface area contributed by atoms with E-state index in [0.29, 0.717) is 18.3 Å². The van der Waals surface area contributed by atoms with Gasteiger partial charge in [-0.25, -0.2) is 9.67 Å². The molecule has 0 aliphatic carbocycles. The molecule has 3 atom stereocenters. The van der Waals surface area contributed by atoms with Crippen molar-refractivity contribution in [2.24, 2.45) is 11.8 Å². The third-order valence-corrected chi connectivity index (χ3v) is 4.80. The van der Waals surface area contributed by atoms with Gasteiger partial charge in [0, 0.05) is 13.0 Å². The van der Waals surface area contributed by atoms with Gasteiger partial charge in [0.2, 0.25) is 5.91 Å². The number of carbonyl (C=O) groups is 1. The topological polar surface area (TPSA) is 71.8 Å². The second kappa shape index (κ2) is 6.56. The molecule has 1 amide bonds. The average Bonchev–Trinajstić information content (AvgIpc) is 2.97. The fourth-order valence-corrected chi connectivity index (χ4v) is 3.50. The molecule has 0 spiro atoms. The number of aryl methyl sites for hydroxylation is 1. The lowest BCUT2D eigenvalue weighted by molar-refractivity contribution is -0.123. The van der Waals surface area contributed by atoms with Crippen LogP contribution in [0.1, 0.15) is 50.9 Å². The van der Waals surface area contributed by atoms with E-state index >= 15 is 0 Å². The van der Waals surface area contributed by atoms with E-state index in [1.54, 1.807) is 6.33 Å². The SMILES string of the molecule is CC(CC(=O)NC1CCCn2ncnc21)C1CCCNC1. The molecule has 1 saturated heterocycles. The minimum atomic E-state index is 0.0328. The molecule has 0 aromatic carbocycles. The molecule has 3 heterocycles. The van der Waals surface area contributed by atoms with Crippen LogP contribution in [0, 0.1) is 11.8 Å². The standard InChI is InChI=1S/C15H25N5O/c1-11(12-4-2-6-16-9-12)8-14(21)19-13-5-3-7-20-15(13)17-10-18-20/h10-13,16H,2-9H2,1H3,(H,19,21). The third kappa shape index (κ3) is 3.43. The highest BCUT2D eigenvalue weighted by molar-refractivity contribution is 5.76. The summed E-state index contributed by atoms with van der Waals surface area (Å²) in [5, 5.41) is 10.8. The lowest BCUT2D eigenvalue weighted by Crippen LogP contribution is -2.37. The van der Waals surface area contributed by atoms with Crippen LogP contribution in [-0.4, -0.2) is 33.8 Å². The van der Waals surface area contributed by atoms with Gasteiger partial charge in [0.05, 0.1) is 6.04 Å². The Bertz CT molecular complexity index is 480. The molecule has 116 valence electrons. The Morgan fingerprint density at radius 1 is 1.52 bits per heavy atom. The first-order valence-corrected chi connectivity index (χ1v) is 8.12. The molecule has 0 bridgehead atoms. The molecule has 1 aromatic rings. The number of hydrogen-bond donors (Lipinski definition) is 2. The average molecular weight is 291 g/mol. The molecule has 3 rings (SSSR count). The van der Waals surface area contributed by atoms with Crippen LogP contribution in [0.3, 0.4) is 0 Å². The molecule has 6 nitrogen and oxygen atoms in total. The molecule has 1 fully saturated rings. The van der Waals surface area contributed by atoms with Crippen molar-refractivity contribution in [3.05, 3.63) is 12.2 Å². The number of nitrogens with zero attached hydrogens (tertiary/aromatic N) is 3. The summed E-state index contributed by atoms with van der Waals surface area (Å²) in [6.45, 7) is 5.27. The zero-order valence-corrected chi connectivity index (χ0v) is 12.7. The maximum Gasteiger partial charge on any atom is 0.220 e. The summed E-state index contributed by atoms with van der Waals surface area (Å²) in [5.41, 5.74) is 0. The molecule has 6 heteroatoms. The van der Waals surface area contributed by atoms with Gasteiger partial charge in [0.15, 0.2) is 0 Å². The van der Waals surface area contributed by atoms with Crippen LogP contribution < -0.4 is 10.6 Å². The van der Waals surface area contributed by atoms with E-state index in [2.05, 4.69) is 27.6 Å². The summed E-state index contributed by atoms with van der Waals surface area (Å²) in [7, 11) is 0. The van der Waals surface area contributed by atoms with Crippen LogP contribution >= 0.6 is 0 Å². The van der Waals surface area contributed by atoms with Crippen molar-refractivity contribution >= 4 is 5.91 Å². The van der Waals surface area contributed by atoms with Crippen LogP contribution in [0.25, 0.3) is 0 Å². The summed E-state index contributed by atoms with van der Waals surface area (Å²) in [5.74, 6) is 2.11. The second-order valence-electron chi connectivity index (χ2n) is 6.39.